The first-order chi connectivity index (χ1) is 7.09. The van der Waals surface area contributed by atoms with Crippen LogP contribution in [0, 0.1) is 5.92 Å². The molecule has 0 saturated heterocycles. The third kappa shape index (κ3) is 1.86. The second kappa shape index (κ2) is 3.85. The minimum atomic E-state index is 0.232. The Balaban J connectivity index is 2.63. The fourth-order valence-electron chi connectivity index (χ4n) is 1.64. The molecule has 0 aliphatic rings. The number of nitrogens with zero attached hydrogens (tertiary/aromatic N) is 2. The van der Waals surface area contributed by atoms with Crippen LogP contribution in [0.1, 0.15) is 13.8 Å². The monoisotopic (exact) mass is 268 g/mol. The number of rotatable bonds is 2. The van der Waals surface area contributed by atoms with Crippen LogP contribution in [-0.2, 0) is 6.54 Å². The number of imidazole rings is 1. The third-order valence-electron chi connectivity index (χ3n) is 2.26. The second-order valence-electron chi connectivity index (χ2n) is 4.03. The minimum absolute atomic E-state index is 0.232. The normalized spacial score (nSPS) is 11.5. The van der Waals surface area contributed by atoms with Gasteiger partial charge in [-0.2, -0.15) is 0 Å². The number of halogens is 1. The van der Waals surface area contributed by atoms with Crippen LogP contribution in [-0.4, -0.2) is 14.7 Å². The summed E-state index contributed by atoms with van der Waals surface area (Å²) >= 11 is 3.41. The van der Waals surface area contributed by atoms with Gasteiger partial charge in [0.2, 0.25) is 0 Å². The van der Waals surface area contributed by atoms with Crippen molar-refractivity contribution in [1.29, 1.82) is 0 Å². The molecule has 0 aliphatic carbocycles. The first-order valence-electron chi connectivity index (χ1n) is 4.93. The fraction of sp³-hybridized carbons (Fsp3) is 0.364. The molecule has 0 spiro atoms. The van der Waals surface area contributed by atoms with Gasteiger partial charge in [0.05, 0.1) is 5.52 Å². The molecule has 80 valence electrons. The maximum absolute atomic E-state index is 9.65. The molecule has 3 nitrogen and oxygen atoms in total. The average molecular weight is 269 g/mol. The lowest BCUT2D eigenvalue weighted by Crippen LogP contribution is -2.04. The standard InChI is InChI=1S/C11H13BrN2O/c1-7(2)6-14-8-4-3-5-9(15)10(8)13-11(14)12/h3-5,7,15H,6H2,1-2H3. The SMILES string of the molecule is CC(C)Cn1c(Br)nc2c(O)cccc21. The Morgan fingerprint density at radius 2 is 2.20 bits per heavy atom. The molecule has 2 rings (SSSR count). The van der Waals surface area contributed by atoms with Crippen molar-refractivity contribution in [2.75, 3.05) is 0 Å². The smallest absolute Gasteiger partial charge is 0.178 e. The van der Waals surface area contributed by atoms with E-state index in [9.17, 15) is 5.11 Å². The Morgan fingerprint density at radius 3 is 2.87 bits per heavy atom. The molecule has 0 saturated carbocycles. The van der Waals surface area contributed by atoms with E-state index in [1.807, 2.05) is 12.1 Å². The third-order valence-corrected chi connectivity index (χ3v) is 2.86. The van der Waals surface area contributed by atoms with Crippen LogP contribution in [0.15, 0.2) is 22.9 Å². The predicted octanol–water partition coefficient (Wildman–Crippen LogP) is 3.16. The molecule has 1 N–H and O–H groups in total. The summed E-state index contributed by atoms with van der Waals surface area (Å²) in [6.45, 7) is 5.20. The van der Waals surface area contributed by atoms with Crippen molar-refractivity contribution in [2.24, 2.45) is 5.92 Å². The first-order valence-corrected chi connectivity index (χ1v) is 5.72. The minimum Gasteiger partial charge on any atom is -0.506 e. The molecule has 0 radical (unpaired) electrons. The molecule has 1 heterocycles. The zero-order valence-electron chi connectivity index (χ0n) is 8.74. The summed E-state index contributed by atoms with van der Waals surface area (Å²) in [4.78, 5) is 4.30. The van der Waals surface area contributed by atoms with Gasteiger partial charge in [-0.1, -0.05) is 19.9 Å². The van der Waals surface area contributed by atoms with Gasteiger partial charge in [-0.3, -0.25) is 0 Å². The Labute approximate surface area is 96.9 Å². The number of hydrogen-bond donors (Lipinski definition) is 1. The molecule has 1 aromatic heterocycles. The van der Waals surface area contributed by atoms with Gasteiger partial charge < -0.3 is 9.67 Å². The van der Waals surface area contributed by atoms with E-state index >= 15 is 0 Å². The zero-order valence-corrected chi connectivity index (χ0v) is 10.3. The molecular weight excluding hydrogens is 256 g/mol. The summed E-state index contributed by atoms with van der Waals surface area (Å²) < 4.78 is 2.84. The number of para-hydroxylation sites is 1. The van der Waals surface area contributed by atoms with Crippen LogP contribution in [0.25, 0.3) is 11.0 Å². The summed E-state index contributed by atoms with van der Waals surface area (Å²) in [5.41, 5.74) is 1.63. The van der Waals surface area contributed by atoms with Crippen LogP contribution in [0.3, 0.4) is 0 Å². The number of hydrogen-bond acceptors (Lipinski definition) is 2. The average Bonchev–Trinajstić information content (AvgIpc) is 2.45. The molecule has 0 atom stereocenters. The van der Waals surface area contributed by atoms with Gasteiger partial charge in [0, 0.05) is 6.54 Å². The Bertz CT molecular complexity index is 491. The lowest BCUT2D eigenvalue weighted by Gasteiger charge is -2.08. The molecule has 0 unspecified atom stereocenters. The maximum atomic E-state index is 9.65. The summed E-state index contributed by atoms with van der Waals surface area (Å²) in [6, 6.07) is 5.46. The molecule has 15 heavy (non-hydrogen) atoms. The summed E-state index contributed by atoms with van der Waals surface area (Å²) in [5.74, 6) is 0.775. The molecule has 0 aliphatic heterocycles. The first kappa shape index (κ1) is 10.5. The predicted molar refractivity (Wildman–Crippen MR) is 63.9 cm³/mol. The van der Waals surface area contributed by atoms with Gasteiger partial charge in [-0.15, -0.1) is 0 Å². The van der Waals surface area contributed by atoms with Crippen LogP contribution < -0.4 is 0 Å². The van der Waals surface area contributed by atoms with E-state index in [1.54, 1.807) is 6.07 Å². The van der Waals surface area contributed by atoms with E-state index in [4.69, 9.17) is 0 Å². The van der Waals surface area contributed by atoms with Crippen molar-refractivity contribution in [3.63, 3.8) is 0 Å². The van der Waals surface area contributed by atoms with Gasteiger partial charge in [-0.25, -0.2) is 4.98 Å². The number of aromatic nitrogens is 2. The molecular formula is C11H13BrN2O. The number of phenolic OH excluding ortho intramolecular Hbond substituents is 1. The van der Waals surface area contributed by atoms with E-state index in [2.05, 4.69) is 39.3 Å². The summed E-state index contributed by atoms with van der Waals surface area (Å²) in [6.07, 6.45) is 0. The van der Waals surface area contributed by atoms with Crippen LogP contribution in [0.5, 0.6) is 5.75 Å². The number of fused-ring (bicyclic) bond motifs is 1. The van der Waals surface area contributed by atoms with E-state index < -0.39 is 0 Å². The Hall–Kier alpha value is -1.03. The second-order valence-corrected chi connectivity index (χ2v) is 4.74. The lowest BCUT2D eigenvalue weighted by atomic mass is 10.2. The van der Waals surface area contributed by atoms with Crippen LogP contribution in [0.4, 0.5) is 0 Å². The van der Waals surface area contributed by atoms with Crippen LogP contribution in [0.2, 0.25) is 0 Å². The van der Waals surface area contributed by atoms with Crippen molar-refractivity contribution in [2.45, 2.75) is 20.4 Å². The molecule has 0 amide bonds. The molecule has 4 heteroatoms. The largest absolute Gasteiger partial charge is 0.506 e. The van der Waals surface area contributed by atoms with E-state index in [0.29, 0.717) is 11.4 Å². The molecule has 0 bridgehead atoms. The molecule has 1 aromatic carbocycles. The number of aromatic hydroxyl groups is 1. The summed E-state index contributed by atoms with van der Waals surface area (Å²) in [5, 5.41) is 9.65. The van der Waals surface area contributed by atoms with Crippen molar-refractivity contribution < 1.29 is 5.11 Å². The van der Waals surface area contributed by atoms with Crippen LogP contribution >= 0.6 is 15.9 Å². The van der Waals surface area contributed by atoms with E-state index in [0.717, 1.165) is 16.8 Å². The number of phenols is 1. The maximum Gasteiger partial charge on any atom is 0.178 e. The van der Waals surface area contributed by atoms with Gasteiger partial charge in [0.15, 0.2) is 4.73 Å². The molecule has 2 aromatic rings. The Morgan fingerprint density at radius 1 is 1.47 bits per heavy atom. The topological polar surface area (TPSA) is 38.0 Å². The fourth-order valence-corrected chi connectivity index (χ4v) is 2.16. The van der Waals surface area contributed by atoms with Crippen molar-refractivity contribution in [3.8, 4) is 5.75 Å². The van der Waals surface area contributed by atoms with Gasteiger partial charge in [0.25, 0.3) is 0 Å². The summed E-state index contributed by atoms with van der Waals surface area (Å²) in [7, 11) is 0. The lowest BCUT2D eigenvalue weighted by molar-refractivity contribution is 0.480. The van der Waals surface area contributed by atoms with Gasteiger partial charge >= 0.3 is 0 Å². The zero-order chi connectivity index (χ0) is 11.0. The van der Waals surface area contributed by atoms with E-state index in [-0.39, 0.29) is 5.75 Å². The number of benzene rings is 1. The van der Waals surface area contributed by atoms with Gasteiger partial charge in [0.1, 0.15) is 11.3 Å². The highest BCUT2D eigenvalue weighted by Crippen LogP contribution is 2.27. The highest BCUT2D eigenvalue weighted by Gasteiger charge is 2.11. The Kier molecular flexibility index (Phi) is 2.69. The van der Waals surface area contributed by atoms with E-state index in [1.165, 1.54) is 0 Å². The van der Waals surface area contributed by atoms with Crippen molar-refractivity contribution in [3.05, 3.63) is 22.9 Å². The van der Waals surface area contributed by atoms with Gasteiger partial charge in [-0.05, 0) is 34.0 Å². The van der Waals surface area contributed by atoms with Crippen molar-refractivity contribution in [1.82, 2.24) is 9.55 Å². The quantitative estimate of drug-likeness (QED) is 0.909. The highest BCUT2D eigenvalue weighted by atomic mass is 79.9. The van der Waals surface area contributed by atoms with Crippen molar-refractivity contribution >= 4 is 27.0 Å². The molecule has 0 fully saturated rings. The highest BCUT2D eigenvalue weighted by molar-refractivity contribution is 9.10.